The molecule has 1 atom stereocenters. The fourth-order valence-corrected chi connectivity index (χ4v) is 2.12. The van der Waals surface area contributed by atoms with Gasteiger partial charge in [-0.25, -0.2) is 0 Å². The Bertz CT molecular complexity index is 459. The van der Waals surface area contributed by atoms with Crippen molar-refractivity contribution in [2.75, 3.05) is 11.4 Å². The van der Waals surface area contributed by atoms with Gasteiger partial charge in [0.2, 0.25) is 5.91 Å². The van der Waals surface area contributed by atoms with E-state index in [1.54, 1.807) is 24.3 Å². The van der Waals surface area contributed by atoms with Gasteiger partial charge >= 0.3 is 6.18 Å². The lowest BCUT2D eigenvalue weighted by atomic mass is 9.97. The predicted octanol–water partition coefficient (Wildman–Crippen LogP) is 2.38. The van der Waals surface area contributed by atoms with Crippen LogP contribution in [0.3, 0.4) is 0 Å². The van der Waals surface area contributed by atoms with Gasteiger partial charge in [0.05, 0.1) is 0 Å². The number of hydrogen-bond acceptors (Lipinski definition) is 2. The Kier molecular flexibility index (Phi) is 3.30. The maximum absolute atomic E-state index is 12.2. The largest absolute Gasteiger partial charge is 0.397 e. The molecule has 0 fully saturated rings. The van der Waals surface area contributed by atoms with Crippen molar-refractivity contribution in [1.82, 2.24) is 0 Å². The highest BCUT2D eigenvalue weighted by molar-refractivity contribution is 5.95. The number of alkyl halides is 3. The van der Waals surface area contributed by atoms with E-state index in [0.717, 1.165) is 5.56 Å². The second-order valence-corrected chi connectivity index (χ2v) is 4.29. The molecule has 0 radical (unpaired) electrons. The molecular weight excluding hydrogens is 245 g/mol. The van der Waals surface area contributed by atoms with Crippen molar-refractivity contribution in [1.29, 1.82) is 0 Å². The molecule has 6 heteroatoms. The van der Waals surface area contributed by atoms with E-state index >= 15 is 0 Å². The van der Waals surface area contributed by atoms with Crippen LogP contribution in [0.5, 0.6) is 0 Å². The fourth-order valence-electron chi connectivity index (χ4n) is 2.12. The number of nitrogens with zero attached hydrogens (tertiary/aromatic N) is 1. The van der Waals surface area contributed by atoms with Gasteiger partial charge in [-0.05, 0) is 18.1 Å². The summed E-state index contributed by atoms with van der Waals surface area (Å²) >= 11 is 0. The number of anilines is 1. The van der Waals surface area contributed by atoms with Gasteiger partial charge in [-0.2, -0.15) is 13.2 Å². The summed E-state index contributed by atoms with van der Waals surface area (Å²) in [6, 6.07) is 6.59. The normalized spacial score (nSPS) is 19.6. The Labute approximate surface area is 102 Å². The maximum Gasteiger partial charge on any atom is 0.397 e. The first-order valence-corrected chi connectivity index (χ1v) is 5.60. The first-order chi connectivity index (χ1) is 8.38. The monoisotopic (exact) mass is 258 g/mol. The summed E-state index contributed by atoms with van der Waals surface area (Å²) in [6.07, 6.45) is -5.44. The van der Waals surface area contributed by atoms with E-state index in [1.807, 2.05) is 0 Å². The molecule has 0 saturated carbocycles. The third-order valence-corrected chi connectivity index (χ3v) is 2.94. The van der Waals surface area contributed by atoms with E-state index in [9.17, 15) is 18.0 Å². The number of para-hydroxylation sites is 1. The minimum absolute atomic E-state index is 0.226. The maximum atomic E-state index is 12.2. The van der Waals surface area contributed by atoms with E-state index in [2.05, 4.69) is 0 Å². The van der Waals surface area contributed by atoms with Crippen LogP contribution in [0.25, 0.3) is 0 Å². The lowest BCUT2D eigenvalue weighted by Gasteiger charge is -2.33. The number of halogens is 3. The van der Waals surface area contributed by atoms with E-state index in [1.165, 1.54) is 4.90 Å². The van der Waals surface area contributed by atoms with Gasteiger partial charge in [0.1, 0.15) is 6.42 Å². The highest BCUT2D eigenvalue weighted by Crippen LogP contribution is 2.33. The molecule has 0 aliphatic carbocycles. The predicted molar refractivity (Wildman–Crippen MR) is 61.0 cm³/mol. The fraction of sp³-hybridized carbons (Fsp3) is 0.417. The quantitative estimate of drug-likeness (QED) is 0.840. The van der Waals surface area contributed by atoms with Crippen molar-refractivity contribution < 1.29 is 18.0 Å². The number of carbonyl (C=O) groups excluding carboxylic acids is 1. The lowest BCUT2D eigenvalue weighted by Crippen LogP contribution is -2.40. The number of benzene rings is 1. The van der Waals surface area contributed by atoms with Gasteiger partial charge in [0.25, 0.3) is 0 Å². The highest BCUT2D eigenvalue weighted by atomic mass is 19.4. The van der Waals surface area contributed by atoms with Crippen molar-refractivity contribution in [3.8, 4) is 0 Å². The van der Waals surface area contributed by atoms with Crippen molar-refractivity contribution in [2.24, 2.45) is 5.73 Å². The van der Waals surface area contributed by atoms with Gasteiger partial charge in [-0.15, -0.1) is 0 Å². The molecule has 0 bridgehead atoms. The minimum Gasteiger partial charge on any atom is -0.324 e. The summed E-state index contributed by atoms with van der Waals surface area (Å²) in [5.74, 6) is -0.929. The molecule has 2 rings (SSSR count). The van der Waals surface area contributed by atoms with Crippen LogP contribution in [-0.4, -0.2) is 18.6 Å². The molecule has 1 unspecified atom stereocenters. The molecule has 2 N–H and O–H groups in total. The zero-order valence-electron chi connectivity index (χ0n) is 9.57. The van der Waals surface area contributed by atoms with Crippen molar-refractivity contribution >= 4 is 11.6 Å². The van der Waals surface area contributed by atoms with Crippen LogP contribution in [0.2, 0.25) is 0 Å². The average molecular weight is 258 g/mol. The molecule has 1 aromatic carbocycles. The Morgan fingerprint density at radius 1 is 1.39 bits per heavy atom. The van der Waals surface area contributed by atoms with Gasteiger partial charge in [0, 0.05) is 18.3 Å². The minimum atomic E-state index is -4.48. The SMILES string of the molecule is NC1CCN(C(=O)CC(F)(F)F)c2ccccc21. The summed E-state index contributed by atoms with van der Waals surface area (Å²) < 4.78 is 36.7. The first kappa shape index (κ1) is 12.9. The van der Waals surface area contributed by atoms with Crippen LogP contribution in [0, 0.1) is 0 Å². The summed E-state index contributed by atoms with van der Waals surface area (Å²) in [6.45, 7) is 0.229. The van der Waals surface area contributed by atoms with E-state index in [-0.39, 0.29) is 12.6 Å². The van der Waals surface area contributed by atoms with Gasteiger partial charge in [-0.3, -0.25) is 4.79 Å². The third-order valence-electron chi connectivity index (χ3n) is 2.94. The van der Waals surface area contributed by atoms with Crippen molar-refractivity contribution in [2.45, 2.75) is 25.1 Å². The summed E-state index contributed by atoms with van der Waals surface area (Å²) in [5.41, 5.74) is 7.09. The topological polar surface area (TPSA) is 46.3 Å². The Balaban J connectivity index is 2.26. The van der Waals surface area contributed by atoms with Crippen LogP contribution in [-0.2, 0) is 4.79 Å². The Morgan fingerprint density at radius 2 is 2.06 bits per heavy atom. The zero-order valence-corrected chi connectivity index (χ0v) is 9.57. The number of amides is 1. The summed E-state index contributed by atoms with van der Waals surface area (Å²) in [4.78, 5) is 12.8. The molecule has 1 aliphatic heterocycles. The standard InChI is InChI=1S/C12H13F3N2O/c13-12(14,15)7-11(18)17-6-5-9(16)8-3-1-2-4-10(8)17/h1-4,9H,5-7,16H2. The molecule has 1 aliphatic rings. The van der Waals surface area contributed by atoms with Crippen LogP contribution in [0.4, 0.5) is 18.9 Å². The molecule has 1 aromatic rings. The van der Waals surface area contributed by atoms with E-state index in [4.69, 9.17) is 5.73 Å². The molecule has 0 saturated heterocycles. The first-order valence-electron chi connectivity index (χ1n) is 5.60. The van der Waals surface area contributed by atoms with Gasteiger partial charge in [0.15, 0.2) is 0 Å². The number of carbonyl (C=O) groups is 1. The average Bonchev–Trinajstić information content (AvgIpc) is 2.27. The zero-order chi connectivity index (χ0) is 13.3. The molecule has 18 heavy (non-hydrogen) atoms. The molecular formula is C12H13F3N2O. The van der Waals surface area contributed by atoms with Crippen molar-refractivity contribution in [3.05, 3.63) is 29.8 Å². The summed E-state index contributed by atoms with van der Waals surface area (Å²) in [7, 11) is 0. The van der Waals surface area contributed by atoms with Gasteiger partial charge in [-0.1, -0.05) is 18.2 Å². The van der Waals surface area contributed by atoms with Crippen molar-refractivity contribution in [3.63, 3.8) is 0 Å². The third kappa shape index (κ3) is 2.64. The molecule has 0 aromatic heterocycles. The lowest BCUT2D eigenvalue weighted by molar-refractivity contribution is -0.151. The molecule has 1 amide bonds. The molecule has 1 heterocycles. The molecule has 3 nitrogen and oxygen atoms in total. The van der Waals surface area contributed by atoms with E-state index in [0.29, 0.717) is 12.1 Å². The van der Waals surface area contributed by atoms with Gasteiger partial charge < -0.3 is 10.6 Å². The number of rotatable bonds is 1. The number of hydrogen-bond donors (Lipinski definition) is 1. The Morgan fingerprint density at radius 3 is 2.72 bits per heavy atom. The highest BCUT2D eigenvalue weighted by Gasteiger charge is 2.35. The second kappa shape index (κ2) is 4.61. The smallest absolute Gasteiger partial charge is 0.324 e. The van der Waals surface area contributed by atoms with E-state index < -0.39 is 18.5 Å². The van der Waals surface area contributed by atoms with Crippen LogP contribution in [0.15, 0.2) is 24.3 Å². The Hall–Kier alpha value is -1.56. The second-order valence-electron chi connectivity index (χ2n) is 4.29. The molecule has 98 valence electrons. The van der Waals surface area contributed by atoms with Crippen LogP contribution in [0.1, 0.15) is 24.4 Å². The summed E-state index contributed by atoms with van der Waals surface area (Å²) in [5, 5.41) is 0. The molecule has 0 spiro atoms. The van der Waals surface area contributed by atoms with Crippen LogP contribution < -0.4 is 10.6 Å². The number of nitrogens with two attached hydrogens (primary N) is 1. The number of fused-ring (bicyclic) bond motifs is 1. The van der Waals surface area contributed by atoms with Crippen LogP contribution >= 0.6 is 0 Å².